The SMILES string of the molecule is COc1ccc(-c2noc(CCC(=O)N(CC(C)C(=O)O)C3CC3)n2)cc1. The molecule has 144 valence electrons. The summed E-state index contributed by atoms with van der Waals surface area (Å²) in [5, 5.41) is 13.0. The zero-order valence-corrected chi connectivity index (χ0v) is 15.4. The van der Waals surface area contributed by atoms with Crippen molar-refractivity contribution in [1.29, 1.82) is 0 Å². The van der Waals surface area contributed by atoms with Crippen LogP contribution in [-0.4, -0.2) is 51.7 Å². The molecule has 1 aromatic carbocycles. The molecule has 1 heterocycles. The normalized spacial score (nSPS) is 14.6. The number of carbonyl (C=O) groups is 2. The van der Waals surface area contributed by atoms with Crippen molar-refractivity contribution < 1.29 is 24.0 Å². The van der Waals surface area contributed by atoms with Crippen molar-refractivity contribution in [3.8, 4) is 17.1 Å². The van der Waals surface area contributed by atoms with Crippen molar-refractivity contribution in [1.82, 2.24) is 15.0 Å². The monoisotopic (exact) mass is 373 g/mol. The highest BCUT2D eigenvalue weighted by atomic mass is 16.5. The van der Waals surface area contributed by atoms with Crippen LogP contribution in [0, 0.1) is 5.92 Å². The molecule has 8 heteroatoms. The molecule has 1 aliphatic carbocycles. The smallest absolute Gasteiger partial charge is 0.308 e. The van der Waals surface area contributed by atoms with Gasteiger partial charge in [0.25, 0.3) is 0 Å². The van der Waals surface area contributed by atoms with E-state index in [2.05, 4.69) is 10.1 Å². The largest absolute Gasteiger partial charge is 0.497 e. The van der Waals surface area contributed by atoms with Crippen LogP contribution in [-0.2, 0) is 16.0 Å². The maximum atomic E-state index is 12.5. The number of nitrogens with zero attached hydrogens (tertiary/aromatic N) is 3. The van der Waals surface area contributed by atoms with Gasteiger partial charge in [-0.15, -0.1) is 0 Å². The van der Waals surface area contributed by atoms with Crippen molar-refractivity contribution in [2.24, 2.45) is 5.92 Å². The van der Waals surface area contributed by atoms with Gasteiger partial charge in [-0.3, -0.25) is 9.59 Å². The lowest BCUT2D eigenvalue weighted by Gasteiger charge is -2.24. The van der Waals surface area contributed by atoms with Crippen molar-refractivity contribution >= 4 is 11.9 Å². The molecule has 0 spiro atoms. The number of hydrogen-bond donors (Lipinski definition) is 1. The molecular weight excluding hydrogens is 350 g/mol. The number of aromatic nitrogens is 2. The summed E-state index contributed by atoms with van der Waals surface area (Å²) in [6, 6.07) is 7.45. The number of aryl methyl sites for hydroxylation is 1. The number of carbonyl (C=O) groups excluding carboxylic acids is 1. The molecule has 1 aromatic heterocycles. The molecule has 0 bridgehead atoms. The molecule has 2 aromatic rings. The fraction of sp³-hybridized carbons (Fsp3) is 0.474. The van der Waals surface area contributed by atoms with Crippen LogP contribution < -0.4 is 4.74 Å². The Morgan fingerprint density at radius 2 is 2.04 bits per heavy atom. The molecule has 27 heavy (non-hydrogen) atoms. The first-order chi connectivity index (χ1) is 13.0. The summed E-state index contributed by atoms with van der Waals surface area (Å²) < 4.78 is 10.4. The fourth-order valence-corrected chi connectivity index (χ4v) is 2.79. The Morgan fingerprint density at radius 1 is 1.33 bits per heavy atom. The Kier molecular flexibility index (Phi) is 5.73. The Bertz CT molecular complexity index is 798. The van der Waals surface area contributed by atoms with Gasteiger partial charge in [0.05, 0.1) is 13.0 Å². The van der Waals surface area contributed by atoms with E-state index in [1.54, 1.807) is 18.9 Å². The summed E-state index contributed by atoms with van der Waals surface area (Å²) in [7, 11) is 1.60. The Balaban J connectivity index is 1.58. The number of carboxylic acid groups (broad SMARTS) is 1. The molecule has 0 saturated heterocycles. The molecule has 1 amide bonds. The van der Waals surface area contributed by atoms with Crippen LogP contribution in [0.5, 0.6) is 5.75 Å². The van der Waals surface area contributed by atoms with E-state index < -0.39 is 11.9 Å². The number of aliphatic carboxylic acids is 1. The first-order valence-corrected chi connectivity index (χ1v) is 8.97. The van der Waals surface area contributed by atoms with Crippen LogP contribution in [0.3, 0.4) is 0 Å². The van der Waals surface area contributed by atoms with Gasteiger partial charge in [0, 0.05) is 31.0 Å². The van der Waals surface area contributed by atoms with Crippen LogP contribution in [0.4, 0.5) is 0 Å². The third-order valence-corrected chi connectivity index (χ3v) is 4.57. The molecule has 1 aliphatic rings. The summed E-state index contributed by atoms with van der Waals surface area (Å²) in [6.07, 6.45) is 2.40. The number of benzene rings is 1. The summed E-state index contributed by atoms with van der Waals surface area (Å²) in [4.78, 5) is 29.6. The van der Waals surface area contributed by atoms with E-state index in [1.165, 1.54) is 0 Å². The third kappa shape index (κ3) is 4.84. The van der Waals surface area contributed by atoms with Crippen molar-refractivity contribution in [3.05, 3.63) is 30.2 Å². The second-order valence-corrected chi connectivity index (χ2v) is 6.76. The summed E-state index contributed by atoms with van der Waals surface area (Å²) in [5.41, 5.74) is 0.798. The number of amides is 1. The third-order valence-electron chi connectivity index (χ3n) is 4.57. The Morgan fingerprint density at radius 3 is 2.63 bits per heavy atom. The van der Waals surface area contributed by atoms with Crippen LogP contribution in [0.25, 0.3) is 11.4 Å². The van der Waals surface area contributed by atoms with E-state index in [4.69, 9.17) is 14.4 Å². The van der Waals surface area contributed by atoms with Crippen molar-refractivity contribution in [2.75, 3.05) is 13.7 Å². The van der Waals surface area contributed by atoms with E-state index in [1.807, 2.05) is 24.3 Å². The van der Waals surface area contributed by atoms with Crippen molar-refractivity contribution in [3.63, 3.8) is 0 Å². The predicted molar refractivity (Wildman–Crippen MR) is 96.1 cm³/mol. The van der Waals surface area contributed by atoms with Gasteiger partial charge >= 0.3 is 5.97 Å². The van der Waals surface area contributed by atoms with Gasteiger partial charge in [-0.25, -0.2) is 0 Å². The molecule has 1 unspecified atom stereocenters. The number of rotatable bonds is 9. The van der Waals surface area contributed by atoms with Crippen LogP contribution in [0.15, 0.2) is 28.8 Å². The molecule has 0 radical (unpaired) electrons. The summed E-state index contributed by atoms with van der Waals surface area (Å²) in [5.74, 6) is 0.0302. The lowest BCUT2D eigenvalue weighted by atomic mass is 10.1. The van der Waals surface area contributed by atoms with Crippen LogP contribution in [0.2, 0.25) is 0 Å². The summed E-state index contributed by atoms with van der Waals surface area (Å²) in [6.45, 7) is 1.85. The number of methoxy groups -OCH3 is 1. The predicted octanol–water partition coefficient (Wildman–Crippen LogP) is 2.39. The van der Waals surface area contributed by atoms with E-state index in [0.29, 0.717) is 18.1 Å². The van der Waals surface area contributed by atoms with Gasteiger partial charge in [-0.2, -0.15) is 4.98 Å². The minimum atomic E-state index is -0.894. The second-order valence-electron chi connectivity index (χ2n) is 6.76. The highest BCUT2D eigenvalue weighted by Gasteiger charge is 2.34. The summed E-state index contributed by atoms with van der Waals surface area (Å²) >= 11 is 0. The van der Waals surface area contributed by atoms with Gasteiger partial charge in [-0.1, -0.05) is 12.1 Å². The lowest BCUT2D eigenvalue weighted by Crippen LogP contribution is -2.38. The van der Waals surface area contributed by atoms with Gasteiger partial charge in [-0.05, 0) is 37.1 Å². The standard InChI is InChI=1S/C19H23N3O5/c1-12(19(24)25)11-22(14-5-6-14)17(23)10-9-16-20-18(21-27-16)13-3-7-15(26-2)8-4-13/h3-4,7-8,12,14H,5-6,9-11H2,1-2H3,(H,24,25). The molecule has 1 fully saturated rings. The molecule has 1 atom stereocenters. The molecule has 8 nitrogen and oxygen atoms in total. The maximum Gasteiger partial charge on any atom is 0.308 e. The van der Waals surface area contributed by atoms with Crippen LogP contribution >= 0.6 is 0 Å². The maximum absolute atomic E-state index is 12.5. The van der Waals surface area contributed by atoms with Crippen LogP contribution in [0.1, 0.15) is 32.1 Å². The average Bonchev–Trinajstić information content (AvgIpc) is 3.40. The van der Waals surface area contributed by atoms with Crippen molar-refractivity contribution in [2.45, 2.75) is 38.6 Å². The van der Waals surface area contributed by atoms with E-state index in [9.17, 15) is 9.59 Å². The Labute approximate surface area is 157 Å². The van der Waals surface area contributed by atoms with E-state index in [-0.39, 0.29) is 24.9 Å². The molecule has 0 aliphatic heterocycles. The van der Waals surface area contributed by atoms with Gasteiger partial charge < -0.3 is 19.3 Å². The first-order valence-electron chi connectivity index (χ1n) is 8.97. The van der Waals surface area contributed by atoms with Gasteiger partial charge in [0.15, 0.2) is 0 Å². The second kappa shape index (κ2) is 8.20. The average molecular weight is 373 g/mol. The zero-order valence-electron chi connectivity index (χ0n) is 15.4. The Hall–Kier alpha value is -2.90. The highest BCUT2D eigenvalue weighted by molar-refractivity contribution is 5.78. The van der Waals surface area contributed by atoms with Gasteiger partial charge in [0.1, 0.15) is 5.75 Å². The highest BCUT2D eigenvalue weighted by Crippen LogP contribution is 2.28. The zero-order chi connectivity index (χ0) is 19.4. The fourth-order valence-electron chi connectivity index (χ4n) is 2.79. The molecule has 1 saturated carbocycles. The molecular formula is C19H23N3O5. The number of carboxylic acids is 1. The number of hydrogen-bond acceptors (Lipinski definition) is 6. The lowest BCUT2D eigenvalue weighted by molar-refractivity contribution is -0.143. The minimum absolute atomic E-state index is 0.0743. The minimum Gasteiger partial charge on any atom is -0.497 e. The van der Waals surface area contributed by atoms with E-state index >= 15 is 0 Å². The number of ether oxygens (including phenoxy) is 1. The topological polar surface area (TPSA) is 106 Å². The van der Waals surface area contributed by atoms with E-state index in [0.717, 1.165) is 24.2 Å². The quantitative estimate of drug-likeness (QED) is 0.719. The van der Waals surface area contributed by atoms with Gasteiger partial charge in [0.2, 0.25) is 17.6 Å². The molecule has 1 N–H and O–H groups in total. The molecule has 3 rings (SSSR count). The first kappa shape index (κ1) is 18.9.